The summed E-state index contributed by atoms with van der Waals surface area (Å²) in [5.41, 5.74) is 3.07. The van der Waals surface area contributed by atoms with Gasteiger partial charge in [0.05, 0.1) is 36.9 Å². The summed E-state index contributed by atoms with van der Waals surface area (Å²) in [4.78, 5) is 44.0. The SMILES string of the molecule is CCOC(=O)C1=C(c2ccccc2)N=c2s/c(=C\c3cc(Br)cc(I)c3OCc3ccc([N+](=O)[O-])cc3)c(=O)n2[C@@H]1c1ccc(Cl)cc1. The molecule has 0 bridgehead atoms. The Balaban J connectivity index is 1.52. The average molecular weight is 857 g/mol. The van der Waals surface area contributed by atoms with Crippen LogP contribution in [0.4, 0.5) is 5.69 Å². The lowest BCUT2D eigenvalue weighted by Crippen LogP contribution is -2.40. The van der Waals surface area contributed by atoms with Crippen molar-refractivity contribution in [2.45, 2.75) is 19.6 Å². The second-order valence-electron chi connectivity index (χ2n) is 10.5. The normalized spacial score (nSPS) is 14.3. The zero-order chi connectivity index (χ0) is 33.9. The number of nitro groups is 1. The number of rotatable bonds is 9. The maximum absolute atomic E-state index is 14.4. The number of fused-ring (bicyclic) bond motifs is 1. The van der Waals surface area contributed by atoms with Gasteiger partial charge in [-0.1, -0.05) is 81.3 Å². The van der Waals surface area contributed by atoms with E-state index in [2.05, 4.69) is 38.5 Å². The van der Waals surface area contributed by atoms with Gasteiger partial charge in [0.15, 0.2) is 4.80 Å². The van der Waals surface area contributed by atoms with Crippen molar-refractivity contribution in [1.82, 2.24) is 4.57 Å². The number of halogens is 3. The summed E-state index contributed by atoms with van der Waals surface area (Å²) in [5, 5.41) is 11.6. The minimum absolute atomic E-state index is 0.00789. The van der Waals surface area contributed by atoms with Crippen molar-refractivity contribution < 1.29 is 19.2 Å². The fraction of sp³-hybridized carbons (Fsp3) is 0.114. The molecule has 6 rings (SSSR count). The van der Waals surface area contributed by atoms with E-state index in [-0.39, 0.29) is 30.0 Å². The highest BCUT2D eigenvalue weighted by Crippen LogP contribution is 2.36. The van der Waals surface area contributed by atoms with Gasteiger partial charge in [0, 0.05) is 32.8 Å². The van der Waals surface area contributed by atoms with Gasteiger partial charge in [-0.05, 0) is 83.1 Å². The van der Waals surface area contributed by atoms with Crippen LogP contribution in [-0.4, -0.2) is 22.1 Å². The Bertz CT molecular complexity index is 2260. The van der Waals surface area contributed by atoms with Crippen LogP contribution in [0.2, 0.25) is 5.02 Å². The molecule has 0 unspecified atom stereocenters. The summed E-state index contributed by atoms with van der Waals surface area (Å²) < 4.78 is 15.2. The third-order valence-corrected chi connectivity index (χ3v) is 9.91. The molecular weight excluding hydrogens is 833 g/mol. The average Bonchev–Trinajstić information content (AvgIpc) is 3.38. The van der Waals surface area contributed by atoms with Gasteiger partial charge in [-0.15, -0.1) is 0 Å². The predicted molar refractivity (Wildman–Crippen MR) is 197 cm³/mol. The van der Waals surface area contributed by atoms with E-state index >= 15 is 0 Å². The molecule has 0 N–H and O–H groups in total. The predicted octanol–water partition coefficient (Wildman–Crippen LogP) is 7.44. The van der Waals surface area contributed by atoms with E-state index in [1.807, 2.05) is 42.5 Å². The van der Waals surface area contributed by atoms with Gasteiger partial charge >= 0.3 is 5.97 Å². The highest BCUT2D eigenvalue weighted by molar-refractivity contribution is 14.1. The molecule has 0 aliphatic carbocycles. The van der Waals surface area contributed by atoms with E-state index < -0.39 is 16.9 Å². The summed E-state index contributed by atoms with van der Waals surface area (Å²) in [5.74, 6) is -0.0350. The number of nitro benzene ring substituents is 1. The number of thiazole rings is 1. The standard InChI is InChI=1S/C35H24BrClIN3O6S/c1-2-46-34(43)29-30(21-6-4-3-5-7-21)39-35-40(31(29)22-10-12-25(37)13-11-22)33(42)28(48-35)17-23-16-24(36)18-27(38)32(23)47-19-20-8-14-26(15-9-20)41(44)45/h3-18,31H,2,19H2,1H3/b28-17-/t31-/m1/s1. The largest absolute Gasteiger partial charge is 0.487 e. The molecule has 0 amide bonds. The van der Waals surface area contributed by atoms with Gasteiger partial charge in [-0.2, -0.15) is 0 Å². The first-order chi connectivity index (χ1) is 23.1. The van der Waals surface area contributed by atoms with Crippen LogP contribution in [0.1, 0.15) is 35.2 Å². The second-order valence-corrected chi connectivity index (χ2v) is 14.0. The first-order valence-electron chi connectivity index (χ1n) is 14.5. The molecule has 0 radical (unpaired) electrons. The minimum Gasteiger partial charge on any atom is -0.487 e. The molecule has 1 aliphatic heterocycles. The van der Waals surface area contributed by atoms with Crippen LogP contribution in [0, 0.1) is 13.7 Å². The highest BCUT2D eigenvalue weighted by Gasteiger charge is 2.35. The van der Waals surface area contributed by atoms with Crippen LogP contribution in [0.3, 0.4) is 0 Å². The van der Waals surface area contributed by atoms with Gasteiger partial charge in [0.2, 0.25) is 0 Å². The number of esters is 1. The Labute approximate surface area is 305 Å². The molecule has 0 saturated carbocycles. The zero-order valence-electron chi connectivity index (χ0n) is 25.1. The number of carbonyl (C=O) groups excluding carboxylic acids is 1. The van der Waals surface area contributed by atoms with Crippen molar-refractivity contribution >= 4 is 84.9 Å². The van der Waals surface area contributed by atoms with E-state index in [1.165, 1.54) is 28.0 Å². The van der Waals surface area contributed by atoms with Crippen molar-refractivity contribution in [1.29, 1.82) is 0 Å². The Morgan fingerprint density at radius 1 is 1.10 bits per heavy atom. The van der Waals surface area contributed by atoms with Crippen molar-refractivity contribution in [3.05, 3.63) is 162 Å². The number of hydrogen-bond acceptors (Lipinski definition) is 8. The lowest BCUT2D eigenvalue weighted by atomic mass is 9.93. The number of nitrogens with zero attached hydrogens (tertiary/aromatic N) is 3. The summed E-state index contributed by atoms with van der Waals surface area (Å²) in [7, 11) is 0. The molecule has 48 heavy (non-hydrogen) atoms. The number of carbonyl (C=O) groups is 1. The minimum atomic E-state index is -0.838. The van der Waals surface area contributed by atoms with Crippen LogP contribution in [-0.2, 0) is 16.1 Å². The highest BCUT2D eigenvalue weighted by atomic mass is 127. The van der Waals surface area contributed by atoms with Crippen LogP contribution < -0.4 is 19.6 Å². The van der Waals surface area contributed by atoms with Crippen molar-refractivity contribution in [2.75, 3.05) is 6.61 Å². The molecule has 9 nitrogen and oxygen atoms in total. The van der Waals surface area contributed by atoms with Crippen molar-refractivity contribution in [3.63, 3.8) is 0 Å². The number of benzene rings is 4. The molecule has 4 aromatic carbocycles. The van der Waals surface area contributed by atoms with E-state index in [4.69, 9.17) is 26.1 Å². The van der Waals surface area contributed by atoms with Crippen LogP contribution in [0.5, 0.6) is 5.75 Å². The molecule has 0 saturated heterocycles. The summed E-state index contributed by atoms with van der Waals surface area (Å²) >= 11 is 13.2. The Morgan fingerprint density at radius 2 is 1.81 bits per heavy atom. The fourth-order valence-electron chi connectivity index (χ4n) is 5.25. The molecular formula is C35H24BrClIN3O6S. The molecule has 1 aromatic heterocycles. The van der Waals surface area contributed by atoms with Crippen LogP contribution in [0.15, 0.2) is 111 Å². The smallest absolute Gasteiger partial charge is 0.338 e. The van der Waals surface area contributed by atoms with E-state index in [9.17, 15) is 19.7 Å². The number of aromatic nitrogens is 1. The van der Waals surface area contributed by atoms with E-state index in [0.29, 0.717) is 42.5 Å². The molecule has 1 atom stereocenters. The molecule has 0 spiro atoms. The van der Waals surface area contributed by atoms with E-state index in [1.54, 1.807) is 49.4 Å². The first-order valence-corrected chi connectivity index (χ1v) is 17.6. The van der Waals surface area contributed by atoms with Crippen molar-refractivity contribution in [2.24, 2.45) is 4.99 Å². The number of hydrogen-bond donors (Lipinski definition) is 0. The molecule has 1 aliphatic rings. The maximum atomic E-state index is 14.4. The lowest BCUT2D eigenvalue weighted by molar-refractivity contribution is -0.384. The third-order valence-electron chi connectivity index (χ3n) is 7.41. The first kappa shape index (κ1) is 33.8. The van der Waals surface area contributed by atoms with Gasteiger partial charge in [0.1, 0.15) is 12.4 Å². The van der Waals surface area contributed by atoms with Gasteiger partial charge in [0.25, 0.3) is 11.2 Å². The van der Waals surface area contributed by atoms with Crippen LogP contribution >= 0.6 is 61.5 Å². The molecule has 0 fully saturated rings. The Kier molecular flexibility index (Phi) is 10.2. The molecule has 13 heteroatoms. The summed E-state index contributed by atoms with van der Waals surface area (Å²) in [6.45, 7) is 2.03. The quantitative estimate of drug-likeness (QED) is 0.0660. The molecule has 5 aromatic rings. The molecule has 2 heterocycles. The zero-order valence-corrected chi connectivity index (χ0v) is 30.4. The fourth-order valence-corrected chi connectivity index (χ4v) is 8.08. The lowest BCUT2D eigenvalue weighted by Gasteiger charge is -2.26. The Morgan fingerprint density at radius 3 is 2.48 bits per heavy atom. The summed E-state index contributed by atoms with van der Waals surface area (Å²) in [6.07, 6.45) is 1.75. The monoisotopic (exact) mass is 855 g/mol. The number of non-ortho nitro benzene ring substituents is 1. The summed E-state index contributed by atoms with van der Waals surface area (Å²) in [6, 6.07) is 25.4. The molecule has 242 valence electrons. The maximum Gasteiger partial charge on any atom is 0.338 e. The third kappa shape index (κ3) is 7.02. The van der Waals surface area contributed by atoms with Crippen LogP contribution in [0.25, 0.3) is 11.8 Å². The van der Waals surface area contributed by atoms with Gasteiger partial charge in [-0.25, -0.2) is 9.79 Å². The number of ether oxygens (including phenoxy) is 2. The topological polar surface area (TPSA) is 113 Å². The van der Waals surface area contributed by atoms with Crippen molar-refractivity contribution in [3.8, 4) is 5.75 Å². The van der Waals surface area contributed by atoms with Gasteiger partial charge < -0.3 is 9.47 Å². The Hall–Kier alpha value is -4.11. The van der Waals surface area contributed by atoms with Gasteiger partial charge in [-0.3, -0.25) is 19.5 Å². The second kappa shape index (κ2) is 14.6. The van der Waals surface area contributed by atoms with E-state index in [0.717, 1.165) is 13.6 Å².